The molecule has 226 valence electrons. The fraction of sp³-hybridized carbons (Fsp3) is 0.917. The van der Waals surface area contributed by atoms with Crippen molar-refractivity contribution in [2.75, 3.05) is 6.61 Å². The van der Waals surface area contributed by atoms with Gasteiger partial charge >= 0.3 is 5.97 Å². The minimum absolute atomic E-state index is 0.0208. The van der Waals surface area contributed by atoms with Gasteiger partial charge in [-0.1, -0.05) is 168 Å². The SMILES string of the molecule is CCCCCCCC/C=C\CCCCCCCCCCCC(=O)OCCCCCCCCCCCC(C)C. The van der Waals surface area contributed by atoms with E-state index in [2.05, 4.69) is 32.9 Å². The van der Waals surface area contributed by atoms with Crippen molar-refractivity contribution >= 4 is 5.97 Å². The molecule has 0 aromatic heterocycles. The molecule has 0 aliphatic carbocycles. The van der Waals surface area contributed by atoms with Crippen molar-refractivity contribution in [2.45, 2.75) is 201 Å². The van der Waals surface area contributed by atoms with Crippen molar-refractivity contribution in [3.8, 4) is 0 Å². The predicted octanol–water partition coefficient (Wildman–Crippen LogP) is 12.7. The highest BCUT2D eigenvalue weighted by atomic mass is 16.5. The average Bonchev–Trinajstić information content (AvgIpc) is 2.90. The van der Waals surface area contributed by atoms with Gasteiger partial charge in [0.05, 0.1) is 6.61 Å². The molecule has 2 heteroatoms. The topological polar surface area (TPSA) is 26.3 Å². The summed E-state index contributed by atoms with van der Waals surface area (Å²) in [4.78, 5) is 11.9. The van der Waals surface area contributed by atoms with Crippen LogP contribution in [-0.2, 0) is 9.53 Å². The summed E-state index contributed by atoms with van der Waals surface area (Å²) in [5, 5.41) is 0. The largest absolute Gasteiger partial charge is 0.466 e. The van der Waals surface area contributed by atoms with Crippen LogP contribution in [0.15, 0.2) is 12.2 Å². The second kappa shape index (κ2) is 32.4. The Morgan fingerprint density at radius 3 is 1.39 bits per heavy atom. The number of carbonyl (C=O) groups is 1. The first kappa shape index (κ1) is 37.2. The van der Waals surface area contributed by atoms with Crippen LogP contribution in [0, 0.1) is 5.92 Å². The standard InChI is InChI=1S/C36H70O2/c1-4-5-6-7-8-9-10-11-12-13-14-15-16-17-18-21-24-27-30-33-36(37)38-34-31-28-25-22-19-20-23-26-29-32-35(2)3/h11-12,35H,4-10,13-34H2,1-3H3/b12-11-. The zero-order chi connectivity index (χ0) is 27.8. The fourth-order valence-corrected chi connectivity index (χ4v) is 5.20. The molecule has 0 radical (unpaired) electrons. The lowest BCUT2D eigenvalue weighted by atomic mass is 10.0. The lowest BCUT2D eigenvalue weighted by Crippen LogP contribution is -2.05. The number of rotatable bonds is 31. The first-order valence-corrected chi connectivity index (χ1v) is 17.5. The highest BCUT2D eigenvalue weighted by Gasteiger charge is 2.03. The first-order chi connectivity index (χ1) is 18.7. The Kier molecular flexibility index (Phi) is 31.7. The van der Waals surface area contributed by atoms with Crippen molar-refractivity contribution in [3.05, 3.63) is 12.2 Å². The molecule has 0 fully saturated rings. The Morgan fingerprint density at radius 2 is 0.921 bits per heavy atom. The van der Waals surface area contributed by atoms with E-state index in [1.54, 1.807) is 0 Å². The van der Waals surface area contributed by atoms with Crippen LogP contribution >= 0.6 is 0 Å². The number of unbranched alkanes of at least 4 members (excludes halogenated alkanes) is 23. The summed E-state index contributed by atoms with van der Waals surface area (Å²) in [6.45, 7) is 7.55. The third-order valence-electron chi connectivity index (χ3n) is 7.83. The van der Waals surface area contributed by atoms with E-state index in [0.29, 0.717) is 13.0 Å². The molecule has 0 aromatic carbocycles. The van der Waals surface area contributed by atoms with Gasteiger partial charge in [-0.25, -0.2) is 0 Å². The van der Waals surface area contributed by atoms with Gasteiger partial charge < -0.3 is 4.74 Å². The lowest BCUT2D eigenvalue weighted by Gasteiger charge is -2.06. The molecular weight excluding hydrogens is 464 g/mol. The molecule has 0 saturated heterocycles. The molecular formula is C36H70O2. The molecule has 0 N–H and O–H groups in total. The Balaban J connectivity index is 3.19. The van der Waals surface area contributed by atoms with Crippen molar-refractivity contribution in [3.63, 3.8) is 0 Å². The van der Waals surface area contributed by atoms with Crippen molar-refractivity contribution in [2.24, 2.45) is 5.92 Å². The molecule has 0 aromatic rings. The summed E-state index contributed by atoms with van der Waals surface area (Å²) < 4.78 is 5.43. The maximum absolute atomic E-state index is 11.9. The molecule has 0 bridgehead atoms. The van der Waals surface area contributed by atoms with E-state index in [1.165, 1.54) is 161 Å². The predicted molar refractivity (Wildman–Crippen MR) is 170 cm³/mol. The van der Waals surface area contributed by atoms with E-state index in [-0.39, 0.29) is 5.97 Å². The van der Waals surface area contributed by atoms with Crippen LogP contribution in [-0.4, -0.2) is 12.6 Å². The number of esters is 1. The summed E-state index contributed by atoms with van der Waals surface area (Å²) in [5.41, 5.74) is 0. The first-order valence-electron chi connectivity index (χ1n) is 17.5. The van der Waals surface area contributed by atoms with Crippen LogP contribution in [0.25, 0.3) is 0 Å². The van der Waals surface area contributed by atoms with Gasteiger partial charge in [-0.3, -0.25) is 4.79 Å². The van der Waals surface area contributed by atoms with Crippen LogP contribution in [0.2, 0.25) is 0 Å². The fourth-order valence-electron chi connectivity index (χ4n) is 5.20. The molecule has 0 aliphatic rings. The Labute approximate surface area is 240 Å². The van der Waals surface area contributed by atoms with E-state index in [9.17, 15) is 4.79 Å². The molecule has 0 unspecified atom stereocenters. The maximum atomic E-state index is 11.9. The Hall–Kier alpha value is -0.790. The van der Waals surface area contributed by atoms with Crippen molar-refractivity contribution in [1.29, 1.82) is 0 Å². The Morgan fingerprint density at radius 1 is 0.526 bits per heavy atom. The molecule has 0 spiro atoms. The normalized spacial score (nSPS) is 11.7. The second-order valence-corrected chi connectivity index (χ2v) is 12.3. The van der Waals surface area contributed by atoms with E-state index >= 15 is 0 Å². The van der Waals surface area contributed by atoms with Crippen LogP contribution < -0.4 is 0 Å². The zero-order valence-corrected chi connectivity index (χ0v) is 26.6. The highest BCUT2D eigenvalue weighted by Crippen LogP contribution is 2.14. The summed E-state index contributed by atoms with van der Waals surface area (Å²) in [6.07, 6.45) is 41.2. The molecule has 38 heavy (non-hydrogen) atoms. The summed E-state index contributed by atoms with van der Waals surface area (Å²) in [6, 6.07) is 0. The van der Waals surface area contributed by atoms with Crippen LogP contribution in [0.1, 0.15) is 201 Å². The molecule has 0 aliphatic heterocycles. The van der Waals surface area contributed by atoms with E-state index in [0.717, 1.165) is 18.8 Å². The molecule has 0 amide bonds. The number of allylic oxidation sites excluding steroid dienone is 2. The van der Waals surface area contributed by atoms with Crippen LogP contribution in [0.5, 0.6) is 0 Å². The molecule has 0 rings (SSSR count). The number of ether oxygens (including phenoxy) is 1. The van der Waals surface area contributed by atoms with Gasteiger partial charge in [0.1, 0.15) is 0 Å². The third-order valence-corrected chi connectivity index (χ3v) is 7.83. The van der Waals surface area contributed by atoms with Gasteiger partial charge in [0.25, 0.3) is 0 Å². The summed E-state index contributed by atoms with van der Waals surface area (Å²) in [7, 11) is 0. The van der Waals surface area contributed by atoms with Gasteiger partial charge in [-0.15, -0.1) is 0 Å². The number of hydrogen-bond acceptors (Lipinski definition) is 2. The smallest absolute Gasteiger partial charge is 0.305 e. The van der Waals surface area contributed by atoms with Gasteiger partial charge in [-0.05, 0) is 44.4 Å². The molecule has 0 heterocycles. The quantitative estimate of drug-likeness (QED) is 0.0502. The Bertz CT molecular complexity index is 482. The minimum Gasteiger partial charge on any atom is -0.466 e. The third kappa shape index (κ3) is 33.2. The van der Waals surface area contributed by atoms with E-state index < -0.39 is 0 Å². The van der Waals surface area contributed by atoms with Crippen LogP contribution in [0.3, 0.4) is 0 Å². The summed E-state index contributed by atoms with van der Waals surface area (Å²) in [5.74, 6) is 0.878. The number of hydrogen-bond donors (Lipinski definition) is 0. The van der Waals surface area contributed by atoms with Gasteiger partial charge in [0, 0.05) is 6.42 Å². The molecule has 2 nitrogen and oxygen atoms in total. The van der Waals surface area contributed by atoms with E-state index in [4.69, 9.17) is 4.74 Å². The number of carbonyl (C=O) groups excluding carboxylic acids is 1. The van der Waals surface area contributed by atoms with Gasteiger partial charge in [-0.2, -0.15) is 0 Å². The zero-order valence-electron chi connectivity index (χ0n) is 26.6. The minimum atomic E-state index is 0.0208. The second-order valence-electron chi connectivity index (χ2n) is 12.3. The molecule has 0 saturated carbocycles. The summed E-state index contributed by atoms with van der Waals surface area (Å²) >= 11 is 0. The highest BCUT2D eigenvalue weighted by molar-refractivity contribution is 5.69. The van der Waals surface area contributed by atoms with Gasteiger partial charge in [0.2, 0.25) is 0 Å². The molecule has 0 atom stereocenters. The lowest BCUT2D eigenvalue weighted by molar-refractivity contribution is -0.143. The van der Waals surface area contributed by atoms with E-state index in [1.807, 2.05) is 0 Å². The monoisotopic (exact) mass is 535 g/mol. The average molecular weight is 535 g/mol. The van der Waals surface area contributed by atoms with Crippen molar-refractivity contribution in [1.82, 2.24) is 0 Å². The van der Waals surface area contributed by atoms with Crippen LogP contribution in [0.4, 0.5) is 0 Å². The van der Waals surface area contributed by atoms with Gasteiger partial charge in [0.15, 0.2) is 0 Å². The van der Waals surface area contributed by atoms with Crippen molar-refractivity contribution < 1.29 is 9.53 Å². The maximum Gasteiger partial charge on any atom is 0.305 e.